The van der Waals surface area contributed by atoms with Crippen molar-refractivity contribution in [1.82, 2.24) is 4.90 Å². The Morgan fingerprint density at radius 3 is 2.35 bits per heavy atom. The van der Waals surface area contributed by atoms with Crippen LogP contribution in [0, 0.1) is 5.82 Å². The van der Waals surface area contributed by atoms with E-state index >= 15 is 0 Å². The van der Waals surface area contributed by atoms with Gasteiger partial charge < -0.3 is 14.7 Å². The van der Waals surface area contributed by atoms with Gasteiger partial charge in [0.2, 0.25) is 0 Å². The molecule has 0 radical (unpaired) electrons. The number of nitrogens with zero attached hydrogens (tertiary/aromatic N) is 2. The average Bonchev–Trinajstić information content (AvgIpc) is 2.45. The first-order chi connectivity index (χ1) is 10.7. The summed E-state index contributed by atoms with van der Waals surface area (Å²) in [5.41, 5.74) is 0.0373. The number of hydrogen-bond acceptors (Lipinski definition) is 4. The Hall–Kier alpha value is -2.31. The number of hydrogen-bond donors (Lipinski definition) is 1. The van der Waals surface area contributed by atoms with Crippen LogP contribution in [0.2, 0.25) is 0 Å². The Balaban J connectivity index is 2.13. The smallest absolute Gasteiger partial charge is 0.411 e. The monoisotopic (exact) mass is 324 g/mol. The van der Waals surface area contributed by atoms with E-state index in [0.29, 0.717) is 6.54 Å². The molecule has 1 aliphatic heterocycles. The first-order valence-electron chi connectivity index (χ1n) is 7.40. The molecule has 1 aromatic carbocycles. The maximum absolute atomic E-state index is 13.0. The summed E-state index contributed by atoms with van der Waals surface area (Å²) in [5.74, 6) is -1.45. The normalized spacial score (nSPS) is 18.7. The fraction of sp³-hybridized carbons (Fsp3) is 0.500. The third-order valence-electron chi connectivity index (χ3n) is 3.49. The van der Waals surface area contributed by atoms with Crippen molar-refractivity contribution in [2.75, 3.05) is 24.5 Å². The number of carboxylic acids is 1. The topological polar surface area (TPSA) is 70.1 Å². The summed E-state index contributed by atoms with van der Waals surface area (Å²) in [7, 11) is 0. The van der Waals surface area contributed by atoms with Crippen molar-refractivity contribution in [3.63, 3.8) is 0 Å². The van der Waals surface area contributed by atoms with Gasteiger partial charge in [-0.25, -0.2) is 14.0 Å². The standard InChI is InChI=1S/C16H21FN2O4/c1-16(2,3)23-15(22)19-9-8-18(10-13(19)14(20)21)12-6-4-11(17)5-7-12/h4-7,13H,8-10H2,1-3H3,(H,20,21). The molecule has 6 nitrogen and oxygen atoms in total. The van der Waals surface area contributed by atoms with Crippen LogP contribution in [-0.4, -0.2) is 53.3 Å². The molecule has 0 aliphatic carbocycles. The van der Waals surface area contributed by atoms with Gasteiger partial charge in [-0.3, -0.25) is 4.90 Å². The molecule has 126 valence electrons. The predicted octanol–water partition coefficient (Wildman–Crippen LogP) is 2.34. The Kier molecular flexibility index (Phi) is 4.77. The third kappa shape index (κ3) is 4.34. The lowest BCUT2D eigenvalue weighted by Gasteiger charge is -2.40. The van der Waals surface area contributed by atoms with E-state index in [1.807, 2.05) is 4.90 Å². The number of rotatable bonds is 2. The number of aliphatic carboxylic acids is 1. The number of carbonyl (C=O) groups excluding carboxylic acids is 1. The molecule has 1 saturated heterocycles. The van der Waals surface area contributed by atoms with Crippen molar-refractivity contribution in [1.29, 1.82) is 0 Å². The molecule has 2 rings (SSSR count). The van der Waals surface area contributed by atoms with Gasteiger partial charge in [0.15, 0.2) is 0 Å². The lowest BCUT2D eigenvalue weighted by Crippen LogP contribution is -2.59. The SMILES string of the molecule is CC(C)(C)OC(=O)N1CCN(c2ccc(F)cc2)CC1C(=O)O. The number of amides is 1. The highest BCUT2D eigenvalue weighted by molar-refractivity contribution is 5.81. The number of anilines is 1. The van der Waals surface area contributed by atoms with Crippen molar-refractivity contribution < 1.29 is 23.8 Å². The van der Waals surface area contributed by atoms with Crippen LogP contribution in [0.3, 0.4) is 0 Å². The minimum Gasteiger partial charge on any atom is -0.480 e. The first kappa shape index (κ1) is 17.1. The van der Waals surface area contributed by atoms with Gasteiger partial charge in [-0.2, -0.15) is 0 Å². The van der Waals surface area contributed by atoms with Crippen LogP contribution in [0.25, 0.3) is 0 Å². The van der Waals surface area contributed by atoms with Crippen molar-refractivity contribution in [3.8, 4) is 0 Å². The summed E-state index contributed by atoms with van der Waals surface area (Å²) in [4.78, 5) is 26.8. The maximum Gasteiger partial charge on any atom is 0.411 e. The van der Waals surface area contributed by atoms with Crippen molar-refractivity contribution in [2.24, 2.45) is 0 Å². The highest BCUT2D eigenvalue weighted by Crippen LogP contribution is 2.21. The quantitative estimate of drug-likeness (QED) is 0.904. The van der Waals surface area contributed by atoms with E-state index in [9.17, 15) is 19.1 Å². The van der Waals surface area contributed by atoms with Crippen LogP contribution in [-0.2, 0) is 9.53 Å². The van der Waals surface area contributed by atoms with E-state index in [4.69, 9.17) is 4.74 Å². The number of benzene rings is 1. The molecule has 1 atom stereocenters. The molecule has 0 aromatic heterocycles. The predicted molar refractivity (Wildman–Crippen MR) is 83.0 cm³/mol. The second-order valence-electron chi connectivity index (χ2n) is 6.45. The van der Waals surface area contributed by atoms with Gasteiger partial charge in [-0.05, 0) is 45.0 Å². The van der Waals surface area contributed by atoms with Crippen LogP contribution in [0.15, 0.2) is 24.3 Å². The summed E-state index contributed by atoms with van der Waals surface area (Å²) < 4.78 is 18.3. The van der Waals surface area contributed by atoms with Crippen LogP contribution >= 0.6 is 0 Å². The molecular weight excluding hydrogens is 303 g/mol. The molecule has 0 saturated carbocycles. The first-order valence-corrected chi connectivity index (χ1v) is 7.40. The Labute approximate surface area is 134 Å². The van der Waals surface area contributed by atoms with E-state index in [0.717, 1.165) is 5.69 Å². The second kappa shape index (κ2) is 6.44. The lowest BCUT2D eigenvalue weighted by atomic mass is 10.1. The van der Waals surface area contributed by atoms with Crippen molar-refractivity contribution >= 4 is 17.7 Å². The summed E-state index contributed by atoms with van der Waals surface area (Å²) in [6, 6.07) is 4.83. The highest BCUT2D eigenvalue weighted by Gasteiger charge is 2.37. The molecule has 1 unspecified atom stereocenters. The van der Waals surface area contributed by atoms with E-state index in [2.05, 4.69) is 0 Å². The van der Waals surface area contributed by atoms with E-state index in [1.54, 1.807) is 32.9 Å². The van der Waals surface area contributed by atoms with Crippen LogP contribution in [0.1, 0.15) is 20.8 Å². The van der Waals surface area contributed by atoms with E-state index in [-0.39, 0.29) is 18.9 Å². The van der Waals surface area contributed by atoms with Gasteiger partial charge in [0, 0.05) is 25.3 Å². The fourth-order valence-corrected chi connectivity index (χ4v) is 2.42. The highest BCUT2D eigenvalue weighted by atomic mass is 19.1. The van der Waals surface area contributed by atoms with E-state index < -0.39 is 23.7 Å². The number of carboxylic acid groups (broad SMARTS) is 1. The van der Waals surface area contributed by atoms with Crippen molar-refractivity contribution in [3.05, 3.63) is 30.1 Å². The molecule has 7 heteroatoms. The van der Waals surface area contributed by atoms with Crippen LogP contribution in [0.5, 0.6) is 0 Å². The maximum atomic E-state index is 13.0. The number of piperazine rings is 1. The Morgan fingerprint density at radius 1 is 1.22 bits per heavy atom. The van der Waals surface area contributed by atoms with Gasteiger partial charge in [-0.15, -0.1) is 0 Å². The summed E-state index contributed by atoms with van der Waals surface area (Å²) >= 11 is 0. The zero-order valence-electron chi connectivity index (χ0n) is 13.5. The summed E-state index contributed by atoms with van der Waals surface area (Å²) in [6.45, 7) is 6.00. The minimum atomic E-state index is -1.09. The fourth-order valence-electron chi connectivity index (χ4n) is 2.42. The van der Waals surface area contributed by atoms with Gasteiger partial charge in [0.05, 0.1) is 0 Å². The zero-order valence-corrected chi connectivity index (χ0v) is 13.5. The molecule has 1 N–H and O–H groups in total. The van der Waals surface area contributed by atoms with Gasteiger partial charge >= 0.3 is 12.1 Å². The molecule has 0 spiro atoms. The summed E-state index contributed by atoms with van der Waals surface area (Å²) in [6.07, 6.45) is -0.636. The molecule has 1 heterocycles. The van der Waals surface area contributed by atoms with Gasteiger partial charge in [0.1, 0.15) is 17.5 Å². The lowest BCUT2D eigenvalue weighted by molar-refractivity contribution is -0.143. The van der Waals surface area contributed by atoms with Gasteiger partial charge in [0.25, 0.3) is 0 Å². The molecule has 23 heavy (non-hydrogen) atoms. The molecule has 1 aromatic rings. The molecular formula is C16H21FN2O4. The average molecular weight is 324 g/mol. The summed E-state index contributed by atoms with van der Waals surface area (Å²) in [5, 5.41) is 9.43. The number of halogens is 1. The van der Waals surface area contributed by atoms with Gasteiger partial charge in [-0.1, -0.05) is 0 Å². The van der Waals surface area contributed by atoms with E-state index in [1.165, 1.54) is 17.0 Å². The zero-order chi connectivity index (χ0) is 17.2. The largest absolute Gasteiger partial charge is 0.480 e. The molecule has 1 amide bonds. The van der Waals surface area contributed by atoms with Crippen molar-refractivity contribution in [2.45, 2.75) is 32.4 Å². The Morgan fingerprint density at radius 2 is 1.83 bits per heavy atom. The second-order valence-corrected chi connectivity index (χ2v) is 6.45. The number of ether oxygens (including phenoxy) is 1. The third-order valence-corrected chi connectivity index (χ3v) is 3.49. The van der Waals surface area contributed by atoms with Crippen LogP contribution in [0.4, 0.5) is 14.9 Å². The minimum absolute atomic E-state index is 0.125. The molecule has 1 fully saturated rings. The molecule has 1 aliphatic rings. The number of carbonyl (C=O) groups is 2. The van der Waals surface area contributed by atoms with Crippen LogP contribution < -0.4 is 4.90 Å². The Bertz CT molecular complexity index is 583. The molecule has 0 bridgehead atoms.